The molecule has 8 heteroatoms. The summed E-state index contributed by atoms with van der Waals surface area (Å²) in [4.78, 5) is 11.8. The van der Waals surface area contributed by atoms with E-state index in [4.69, 9.17) is 14.2 Å². The van der Waals surface area contributed by atoms with Gasteiger partial charge >= 0.3 is 6.09 Å². The average molecular weight is 391 g/mol. The molecule has 0 aliphatic carbocycles. The summed E-state index contributed by atoms with van der Waals surface area (Å²) >= 11 is 0. The van der Waals surface area contributed by atoms with Gasteiger partial charge in [0.1, 0.15) is 30.3 Å². The lowest BCUT2D eigenvalue weighted by Crippen LogP contribution is -2.36. The molecule has 4 N–H and O–H groups in total. The number of hydrogen-bond acceptors (Lipinski definition) is 7. The first kappa shape index (κ1) is 21.5. The summed E-state index contributed by atoms with van der Waals surface area (Å²) in [6.45, 7) is -0.390. The van der Waals surface area contributed by atoms with Crippen LogP contribution >= 0.6 is 0 Å². The van der Waals surface area contributed by atoms with Gasteiger partial charge in [0.15, 0.2) is 0 Å². The Kier molecular flexibility index (Phi) is 8.06. The van der Waals surface area contributed by atoms with Crippen LogP contribution in [0.3, 0.4) is 0 Å². The van der Waals surface area contributed by atoms with E-state index in [1.165, 1.54) is 26.4 Å². The van der Waals surface area contributed by atoms with Gasteiger partial charge in [0.2, 0.25) is 0 Å². The number of carbonyl (C=O) groups excluding carboxylic acids is 1. The molecule has 0 fully saturated rings. The standard InChI is InChI=1S/C20H25NO7/c1-26-16-8-14(11-22)9-17(27-2)18(16)19(24)15(23)10-21-20(25)28-12-13-6-4-3-5-7-13/h3-9,15,19,22-24H,10-12H2,1-2H3,(H,21,25). The van der Waals surface area contributed by atoms with Crippen LogP contribution in [0, 0.1) is 0 Å². The van der Waals surface area contributed by atoms with E-state index in [1.54, 1.807) is 0 Å². The molecular weight excluding hydrogens is 366 g/mol. The molecule has 2 rings (SSSR count). The molecule has 0 heterocycles. The molecule has 152 valence electrons. The molecule has 0 bridgehead atoms. The second-order valence-electron chi connectivity index (χ2n) is 6.03. The number of methoxy groups -OCH3 is 2. The lowest BCUT2D eigenvalue weighted by atomic mass is 10.00. The summed E-state index contributed by atoms with van der Waals surface area (Å²) in [5, 5.41) is 32.5. The van der Waals surface area contributed by atoms with Crippen LogP contribution in [0.25, 0.3) is 0 Å². The van der Waals surface area contributed by atoms with Crippen molar-refractivity contribution in [2.75, 3.05) is 20.8 Å². The number of benzene rings is 2. The van der Waals surface area contributed by atoms with E-state index in [1.807, 2.05) is 30.3 Å². The maximum absolute atomic E-state index is 11.8. The van der Waals surface area contributed by atoms with Crippen molar-refractivity contribution in [2.45, 2.75) is 25.4 Å². The predicted octanol–water partition coefficient (Wildman–Crippen LogP) is 1.52. The van der Waals surface area contributed by atoms with Crippen molar-refractivity contribution in [3.63, 3.8) is 0 Å². The molecule has 0 saturated heterocycles. The van der Waals surface area contributed by atoms with Crippen LogP contribution in [-0.2, 0) is 18.0 Å². The van der Waals surface area contributed by atoms with Crippen molar-refractivity contribution in [1.29, 1.82) is 0 Å². The minimum Gasteiger partial charge on any atom is -0.496 e. The predicted molar refractivity (Wildman–Crippen MR) is 101 cm³/mol. The lowest BCUT2D eigenvalue weighted by molar-refractivity contribution is 0.0157. The van der Waals surface area contributed by atoms with Crippen LogP contribution in [0.2, 0.25) is 0 Å². The normalized spacial score (nSPS) is 12.8. The fraction of sp³-hybridized carbons (Fsp3) is 0.350. The van der Waals surface area contributed by atoms with Gasteiger partial charge < -0.3 is 34.8 Å². The Bertz CT molecular complexity index is 741. The van der Waals surface area contributed by atoms with Gasteiger partial charge in [0.25, 0.3) is 0 Å². The highest BCUT2D eigenvalue weighted by molar-refractivity contribution is 5.67. The lowest BCUT2D eigenvalue weighted by Gasteiger charge is -2.23. The summed E-state index contributed by atoms with van der Waals surface area (Å²) in [5.74, 6) is 0.503. The fourth-order valence-electron chi connectivity index (χ4n) is 2.64. The first-order chi connectivity index (χ1) is 13.5. The van der Waals surface area contributed by atoms with E-state index < -0.39 is 18.3 Å². The molecule has 0 saturated carbocycles. The summed E-state index contributed by atoms with van der Waals surface area (Å²) < 4.78 is 15.5. The van der Waals surface area contributed by atoms with Gasteiger partial charge in [-0.2, -0.15) is 0 Å². The van der Waals surface area contributed by atoms with E-state index in [0.29, 0.717) is 5.56 Å². The van der Waals surface area contributed by atoms with Crippen LogP contribution < -0.4 is 14.8 Å². The number of aliphatic hydroxyl groups excluding tert-OH is 3. The molecule has 1 amide bonds. The van der Waals surface area contributed by atoms with Crippen LogP contribution in [0.15, 0.2) is 42.5 Å². The number of alkyl carbamates (subject to hydrolysis) is 1. The number of hydrogen-bond donors (Lipinski definition) is 4. The molecule has 0 aliphatic heterocycles. The minimum atomic E-state index is -1.40. The maximum Gasteiger partial charge on any atom is 0.407 e. The Morgan fingerprint density at radius 1 is 1.04 bits per heavy atom. The number of rotatable bonds is 9. The zero-order valence-corrected chi connectivity index (χ0v) is 15.8. The van der Waals surface area contributed by atoms with E-state index in [0.717, 1.165) is 5.56 Å². The number of nitrogens with one attached hydrogen (secondary N) is 1. The smallest absolute Gasteiger partial charge is 0.407 e. The molecule has 28 heavy (non-hydrogen) atoms. The average Bonchev–Trinajstić information content (AvgIpc) is 2.74. The number of amides is 1. The first-order valence-electron chi connectivity index (χ1n) is 8.66. The Morgan fingerprint density at radius 2 is 1.64 bits per heavy atom. The Morgan fingerprint density at radius 3 is 2.18 bits per heavy atom. The number of carbonyl (C=O) groups is 1. The SMILES string of the molecule is COc1cc(CO)cc(OC)c1C(O)C(O)CNC(=O)OCc1ccccc1. The van der Waals surface area contributed by atoms with Crippen molar-refractivity contribution >= 4 is 6.09 Å². The van der Waals surface area contributed by atoms with Crippen molar-refractivity contribution in [3.8, 4) is 11.5 Å². The van der Waals surface area contributed by atoms with Gasteiger partial charge in [-0.15, -0.1) is 0 Å². The van der Waals surface area contributed by atoms with Gasteiger partial charge in [0.05, 0.1) is 26.4 Å². The highest BCUT2D eigenvalue weighted by atomic mass is 16.5. The van der Waals surface area contributed by atoms with Crippen molar-refractivity contribution < 1.29 is 34.3 Å². The highest BCUT2D eigenvalue weighted by Gasteiger charge is 2.27. The molecule has 2 aromatic rings. The third kappa shape index (κ3) is 5.59. The highest BCUT2D eigenvalue weighted by Crippen LogP contribution is 2.37. The Balaban J connectivity index is 1.98. The molecule has 0 radical (unpaired) electrons. The second kappa shape index (κ2) is 10.5. The molecule has 8 nitrogen and oxygen atoms in total. The quantitative estimate of drug-likeness (QED) is 0.512. The van der Waals surface area contributed by atoms with Crippen molar-refractivity contribution in [1.82, 2.24) is 5.32 Å². The number of ether oxygens (including phenoxy) is 3. The van der Waals surface area contributed by atoms with E-state index in [-0.39, 0.29) is 36.8 Å². The van der Waals surface area contributed by atoms with Crippen LogP contribution in [0.5, 0.6) is 11.5 Å². The molecule has 2 atom stereocenters. The number of aliphatic hydroxyl groups is 3. The largest absolute Gasteiger partial charge is 0.496 e. The summed E-state index contributed by atoms with van der Waals surface area (Å²) in [6, 6.07) is 12.2. The summed E-state index contributed by atoms with van der Waals surface area (Å²) in [6.07, 6.45) is -3.45. The van der Waals surface area contributed by atoms with E-state index in [9.17, 15) is 20.1 Å². The summed E-state index contributed by atoms with van der Waals surface area (Å²) in [7, 11) is 2.80. The van der Waals surface area contributed by atoms with Crippen LogP contribution in [0.1, 0.15) is 22.8 Å². The third-order valence-corrected chi connectivity index (χ3v) is 4.11. The van der Waals surface area contributed by atoms with Gasteiger partial charge in [0, 0.05) is 6.54 Å². The topological polar surface area (TPSA) is 117 Å². The van der Waals surface area contributed by atoms with E-state index >= 15 is 0 Å². The first-order valence-corrected chi connectivity index (χ1v) is 8.66. The minimum absolute atomic E-state index is 0.0928. The van der Waals surface area contributed by atoms with Gasteiger partial charge in [-0.25, -0.2) is 4.79 Å². The second-order valence-corrected chi connectivity index (χ2v) is 6.03. The van der Waals surface area contributed by atoms with Crippen molar-refractivity contribution in [2.24, 2.45) is 0 Å². The fourth-order valence-corrected chi connectivity index (χ4v) is 2.64. The monoisotopic (exact) mass is 391 g/mol. The molecule has 0 spiro atoms. The van der Waals surface area contributed by atoms with Crippen molar-refractivity contribution in [3.05, 3.63) is 59.2 Å². The molecule has 2 unspecified atom stereocenters. The third-order valence-electron chi connectivity index (χ3n) is 4.11. The van der Waals surface area contributed by atoms with Crippen LogP contribution in [-0.4, -0.2) is 48.3 Å². The van der Waals surface area contributed by atoms with Gasteiger partial charge in [-0.05, 0) is 23.3 Å². The molecular formula is C20H25NO7. The van der Waals surface area contributed by atoms with Gasteiger partial charge in [-0.1, -0.05) is 30.3 Å². The van der Waals surface area contributed by atoms with E-state index in [2.05, 4.69) is 5.32 Å². The molecule has 2 aromatic carbocycles. The molecule has 0 aliphatic rings. The zero-order valence-electron chi connectivity index (χ0n) is 15.8. The molecule has 0 aromatic heterocycles. The Labute approximate surface area is 163 Å². The Hall–Kier alpha value is -2.81. The summed E-state index contributed by atoms with van der Waals surface area (Å²) in [5.41, 5.74) is 1.58. The zero-order chi connectivity index (χ0) is 20.5. The van der Waals surface area contributed by atoms with Crippen LogP contribution in [0.4, 0.5) is 4.79 Å². The maximum atomic E-state index is 11.8. The van der Waals surface area contributed by atoms with Gasteiger partial charge in [-0.3, -0.25) is 0 Å².